The van der Waals surface area contributed by atoms with Gasteiger partial charge in [-0.05, 0) is 37.7 Å². The second-order valence-corrected chi connectivity index (χ2v) is 7.06. The van der Waals surface area contributed by atoms with Gasteiger partial charge in [0.1, 0.15) is 0 Å². The Morgan fingerprint density at radius 3 is 2.70 bits per heavy atom. The van der Waals surface area contributed by atoms with Crippen molar-refractivity contribution < 1.29 is 14.3 Å². The number of nitrogens with one attached hydrogen (secondary N) is 1. The number of hydrogen-bond acceptors (Lipinski definition) is 4. The molecule has 5 heteroatoms. The first kappa shape index (κ1) is 13.6. The SMILES string of the molecule is COC(=O)C1CC2(CCC2)C1NC(=O)c1csc(C)c1. The van der Waals surface area contributed by atoms with Crippen molar-refractivity contribution in [2.24, 2.45) is 11.3 Å². The van der Waals surface area contributed by atoms with Crippen LogP contribution >= 0.6 is 11.3 Å². The van der Waals surface area contributed by atoms with E-state index in [1.807, 2.05) is 18.4 Å². The van der Waals surface area contributed by atoms with E-state index >= 15 is 0 Å². The van der Waals surface area contributed by atoms with Crippen LogP contribution in [0.25, 0.3) is 0 Å². The van der Waals surface area contributed by atoms with Crippen molar-refractivity contribution in [2.45, 2.75) is 38.6 Å². The van der Waals surface area contributed by atoms with Crippen LogP contribution in [-0.2, 0) is 9.53 Å². The minimum Gasteiger partial charge on any atom is -0.469 e. The average Bonchev–Trinajstić information content (AvgIpc) is 2.79. The predicted molar refractivity (Wildman–Crippen MR) is 76.7 cm³/mol. The lowest BCUT2D eigenvalue weighted by Gasteiger charge is -2.59. The van der Waals surface area contributed by atoms with E-state index in [2.05, 4.69) is 5.32 Å². The monoisotopic (exact) mass is 293 g/mol. The molecule has 3 rings (SSSR count). The van der Waals surface area contributed by atoms with Crippen LogP contribution in [0.1, 0.15) is 40.9 Å². The quantitative estimate of drug-likeness (QED) is 0.871. The van der Waals surface area contributed by atoms with Crippen LogP contribution < -0.4 is 5.32 Å². The lowest BCUT2D eigenvalue weighted by molar-refractivity contribution is -0.163. The van der Waals surface area contributed by atoms with Gasteiger partial charge in [0.15, 0.2) is 0 Å². The van der Waals surface area contributed by atoms with Crippen LogP contribution in [0.3, 0.4) is 0 Å². The number of esters is 1. The molecule has 0 radical (unpaired) electrons. The molecule has 0 bridgehead atoms. The van der Waals surface area contributed by atoms with Crippen LogP contribution in [0.2, 0.25) is 0 Å². The van der Waals surface area contributed by atoms with E-state index in [0.717, 1.165) is 24.1 Å². The summed E-state index contributed by atoms with van der Waals surface area (Å²) in [6.07, 6.45) is 4.26. The molecule has 20 heavy (non-hydrogen) atoms. The number of ether oxygens (including phenoxy) is 1. The van der Waals surface area contributed by atoms with Crippen molar-refractivity contribution >= 4 is 23.2 Å². The van der Waals surface area contributed by atoms with Gasteiger partial charge in [-0.15, -0.1) is 11.3 Å². The van der Waals surface area contributed by atoms with Gasteiger partial charge in [0.2, 0.25) is 0 Å². The molecule has 2 unspecified atom stereocenters. The van der Waals surface area contributed by atoms with E-state index in [9.17, 15) is 9.59 Å². The highest BCUT2D eigenvalue weighted by Crippen LogP contribution is 2.59. The summed E-state index contributed by atoms with van der Waals surface area (Å²) in [7, 11) is 1.41. The Bertz CT molecular complexity index is 547. The molecule has 1 amide bonds. The number of aryl methyl sites for hydroxylation is 1. The molecule has 0 aromatic carbocycles. The second-order valence-electron chi connectivity index (χ2n) is 5.95. The number of methoxy groups -OCH3 is 1. The Balaban J connectivity index is 1.72. The summed E-state index contributed by atoms with van der Waals surface area (Å²) in [6, 6.07) is 1.83. The van der Waals surface area contributed by atoms with E-state index < -0.39 is 0 Å². The Labute approximate surface area is 122 Å². The Morgan fingerprint density at radius 1 is 1.45 bits per heavy atom. The zero-order valence-electron chi connectivity index (χ0n) is 11.8. The van der Waals surface area contributed by atoms with E-state index in [0.29, 0.717) is 5.56 Å². The van der Waals surface area contributed by atoms with Gasteiger partial charge in [0.25, 0.3) is 5.91 Å². The molecule has 2 aliphatic carbocycles. The van der Waals surface area contributed by atoms with Gasteiger partial charge < -0.3 is 10.1 Å². The van der Waals surface area contributed by atoms with Crippen molar-refractivity contribution in [1.29, 1.82) is 0 Å². The van der Waals surface area contributed by atoms with E-state index in [-0.39, 0.29) is 29.3 Å². The maximum atomic E-state index is 12.3. The molecule has 1 heterocycles. The summed E-state index contributed by atoms with van der Waals surface area (Å²) in [5, 5.41) is 4.94. The van der Waals surface area contributed by atoms with E-state index in [1.54, 1.807) is 11.3 Å². The van der Waals surface area contributed by atoms with Crippen LogP contribution in [0, 0.1) is 18.3 Å². The molecule has 1 aromatic rings. The summed E-state index contributed by atoms with van der Waals surface area (Å²) in [5.74, 6) is -0.447. The van der Waals surface area contributed by atoms with Gasteiger partial charge in [-0.3, -0.25) is 9.59 Å². The Morgan fingerprint density at radius 2 is 2.20 bits per heavy atom. The summed E-state index contributed by atoms with van der Waals surface area (Å²) < 4.78 is 4.85. The predicted octanol–water partition coefficient (Wildman–Crippen LogP) is 2.52. The number of hydrogen-bond donors (Lipinski definition) is 1. The molecule has 4 nitrogen and oxygen atoms in total. The Hall–Kier alpha value is -1.36. The standard InChI is InChI=1S/C15H19NO3S/c1-9-6-10(8-20-9)13(17)16-12-11(14(18)19-2)7-15(12)4-3-5-15/h6,8,11-12H,3-5,7H2,1-2H3,(H,16,17). The van der Waals surface area contributed by atoms with Gasteiger partial charge in [0, 0.05) is 16.3 Å². The van der Waals surface area contributed by atoms with Gasteiger partial charge >= 0.3 is 5.97 Å². The van der Waals surface area contributed by atoms with Crippen molar-refractivity contribution in [3.8, 4) is 0 Å². The highest BCUT2D eigenvalue weighted by Gasteiger charge is 2.60. The molecule has 0 saturated heterocycles. The molecule has 1 spiro atoms. The van der Waals surface area contributed by atoms with Crippen molar-refractivity contribution in [3.63, 3.8) is 0 Å². The third kappa shape index (κ3) is 2.04. The number of rotatable bonds is 3. The molecule has 2 saturated carbocycles. The summed E-state index contributed by atoms with van der Waals surface area (Å²) in [5.41, 5.74) is 0.844. The maximum absolute atomic E-state index is 12.3. The zero-order chi connectivity index (χ0) is 14.3. The molecule has 0 aliphatic heterocycles. The van der Waals surface area contributed by atoms with Crippen LogP contribution in [0.15, 0.2) is 11.4 Å². The highest BCUT2D eigenvalue weighted by molar-refractivity contribution is 7.10. The number of carbonyl (C=O) groups is 2. The summed E-state index contributed by atoms with van der Waals surface area (Å²) in [4.78, 5) is 25.2. The smallest absolute Gasteiger partial charge is 0.310 e. The first-order valence-electron chi connectivity index (χ1n) is 6.99. The van der Waals surface area contributed by atoms with Gasteiger partial charge in [-0.1, -0.05) is 6.42 Å². The molecule has 2 atom stereocenters. The number of thiophene rings is 1. The van der Waals surface area contributed by atoms with Crippen molar-refractivity contribution in [2.75, 3.05) is 7.11 Å². The van der Waals surface area contributed by atoms with Gasteiger partial charge in [-0.2, -0.15) is 0 Å². The molecule has 1 N–H and O–H groups in total. The minimum atomic E-state index is -0.200. The normalized spacial score (nSPS) is 26.5. The number of carbonyl (C=O) groups excluding carboxylic acids is 2. The molecule has 2 aliphatic rings. The number of amides is 1. The lowest BCUT2D eigenvalue weighted by atomic mass is 9.48. The molecular weight excluding hydrogens is 274 g/mol. The summed E-state index contributed by atoms with van der Waals surface area (Å²) >= 11 is 1.56. The third-order valence-corrected chi connectivity index (χ3v) is 5.68. The van der Waals surface area contributed by atoms with Crippen LogP contribution in [-0.4, -0.2) is 25.0 Å². The van der Waals surface area contributed by atoms with E-state index in [4.69, 9.17) is 4.74 Å². The largest absolute Gasteiger partial charge is 0.469 e. The van der Waals surface area contributed by atoms with Gasteiger partial charge in [-0.25, -0.2) is 0 Å². The average molecular weight is 293 g/mol. The lowest BCUT2D eigenvalue weighted by Crippen LogP contribution is -2.66. The highest BCUT2D eigenvalue weighted by atomic mass is 32.1. The molecule has 1 aromatic heterocycles. The molecular formula is C15H19NO3S. The fraction of sp³-hybridized carbons (Fsp3) is 0.600. The Kier molecular flexibility index (Phi) is 3.32. The van der Waals surface area contributed by atoms with Crippen molar-refractivity contribution in [3.05, 3.63) is 21.9 Å². The first-order valence-corrected chi connectivity index (χ1v) is 7.87. The van der Waals surface area contributed by atoms with Crippen LogP contribution in [0.5, 0.6) is 0 Å². The van der Waals surface area contributed by atoms with Crippen LogP contribution in [0.4, 0.5) is 0 Å². The maximum Gasteiger partial charge on any atom is 0.310 e. The first-order chi connectivity index (χ1) is 9.55. The summed E-state index contributed by atoms with van der Waals surface area (Å²) in [6.45, 7) is 1.98. The molecule has 2 fully saturated rings. The topological polar surface area (TPSA) is 55.4 Å². The fourth-order valence-electron chi connectivity index (χ4n) is 3.51. The third-order valence-electron chi connectivity index (χ3n) is 4.82. The molecule has 108 valence electrons. The second kappa shape index (κ2) is 4.88. The van der Waals surface area contributed by atoms with E-state index in [1.165, 1.54) is 13.5 Å². The van der Waals surface area contributed by atoms with Gasteiger partial charge in [0.05, 0.1) is 18.6 Å². The fourth-order valence-corrected chi connectivity index (χ4v) is 4.19. The zero-order valence-corrected chi connectivity index (χ0v) is 12.6. The van der Waals surface area contributed by atoms with Crippen molar-refractivity contribution in [1.82, 2.24) is 5.32 Å². The minimum absolute atomic E-state index is 0.0589.